The van der Waals surface area contributed by atoms with Gasteiger partial charge in [-0.1, -0.05) is 141 Å². The van der Waals surface area contributed by atoms with Gasteiger partial charge in [0.25, 0.3) is 0 Å². The third-order valence-electron chi connectivity index (χ3n) is 7.37. The minimum atomic E-state index is -0.164. The molecule has 0 fully saturated rings. The molecule has 0 aliphatic heterocycles. The molecular weight excluding hydrogens is 492 g/mol. The Balaban J connectivity index is 0. The zero-order valence-electron chi connectivity index (χ0n) is 27.1. The van der Waals surface area contributed by atoms with E-state index in [4.69, 9.17) is 11.5 Å². The minimum Gasteiger partial charge on any atom is -0.370 e. The highest BCUT2D eigenvalue weighted by Gasteiger charge is 1.95. The molecule has 4 nitrogen and oxygen atoms in total. The van der Waals surface area contributed by atoms with Crippen molar-refractivity contribution < 1.29 is 9.59 Å². The number of unbranched alkanes of at least 4 members (excludes halogenated alkanes) is 22. The summed E-state index contributed by atoms with van der Waals surface area (Å²) in [6.07, 6.45) is 43.8. The van der Waals surface area contributed by atoms with Crippen LogP contribution in [0.5, 0.6) is 0 Å². The topological polar surface area (TPSA) is 86.2 Å². The van der Waals surface area contributed by atoms with Crippen LogP contribution >= 0.6 is 0 Å². The van der Waals surface area contributed by atoms with Crippen LogP contribution in [0.4, 0.5) is 0 Å². The van der Waals surface area contributed by atoms with E-state index < -0.39 is 0 Å². The number of hydrogen-bond acceptors (Lipinski definition) is 2. The van der Waals surface area contributed by atoms with E-state index in [2.05, 4.69) is 38.2 Å². The maximum Gasteiger partial charge on any atom is 0.217 e. The third kappa shape index (κ3) is 43.5. The van der Waals surface area contributed by atoms with Crippen LogP contribution in [0.25, 0.3) is 0 Å². The van der Waals surface area contributed by atoms with Gasteiger partial charge in [-0.05, 0) is 64.2 Å². The van der Waals surface area contributed by atoms with Gasteiger partial charge in [-0.2, -0.15) is 0 Å². The Bertz CT molecular complexity index is 521. The fourth-order valence-corrected chi connectivity index (χ4v) is 4.74. The number of hydrogen-bond donors (Lipinski definition) is 2. The summed E-state index contributed by atoms with van der Waals surface area (Å²) in [6.45, 7) is 4.53. The number of primary amides is 2. The van der Waals surface area contributed by atoms with Gasteiger partial charge in [0.2, 0.25) is 11.8 Å². The summed E-state index contributed by atoms with van der Waals surface area (Å²) in [7, 11) is 0. The highest BCUT2D eigenvalue weighted by atomic mass is 16.1. The summed E-state index contributed by atoms with van der Waals surface area (Å²) in [4.78, 5) is 21.1. The first kappa shape index (κ1) is 40.6. The summed E-state index contributed by atoms with van der Waals surface area (Å²) < 4.78 is 0. The van der Waals surface area contributed by atoms with Gasteiger partial charge in [0.1, 0.15) is 0 Å². The molecule has 0 aliphatic rings. The van der Waals surface area contributed by atoms with E-state index in [9.17, 15) is 9.59 Å². The Morgan fingerprint density at radius 2 is 0.600 bits per heavy atom. The molecule has 4 heteroatoms. The molecule has 2 amide bonds. The lowest BCUT2D eigenvalue weighted by molar-refractivity contribution is -0.119. The van der Waals surface area contributed by atoms with E-state index >= 15 is 0 Å². The van der Waals surface area contributed by atoms with Gasteiger partial charge in [-0.25, -0.2) is 0 Å². The molecule has 0 aromatic carbocycles. The lowest BCUT2D eigenvalue weighted by Gasteiger charge is -1.99. The molecule has 0 unspecified atom stereocenters. The molecule has 0 saturated heterocycles. The van der Waals surface area contributed by atoms with Gasteiger partial charge in [0.05, 0.1) is 0 Å². The van der Waals surface area contributed by atoms with Crippen LogP contribution in [0.2, 0.25) is 0 Å². The molecule has 0 spiro atoms. The largest absolute Gasteiger partial charge is 0.370 e. The summed E-state index contributed by atoms with van der Waals surface area (Å²) in [5, 5.41) is 0. The first-order valence-corrected chi connectivity index (χ1v) is 17.4. The quantitative estimate of drug-likeness (QED) is 0.0673. The zero-order valence-corrected chi connectivity index (χ0v) is 27.1. The Morgan fingerprint density at radius 1 is 0.375 bits per heavy atom. The first-order valence-electron chi connectivity index (χ1n) is 17.4. The molecule has 0 atom stereocenters. The van der Waals surface area contributed by atoms with Crippen molar-refractivity contribution >= 4 is 11.8 Å². The van der Waals surface area contributed by atoms with Gasteiger partial charge >= 0.3 is 0 Å². The van der Waals surface area contributed by atoms with E-state index in [0.29, 0.717) is 12.8 Å². The predicted octanol–water partition coefficient (Wildman–Crippen LogP) is 11.0. The Morgan fingerprint density at radius 3 is 0.850 bits per heavy atom. The van der Waals surface area contributed by atoms with Crippen LogP contribution in [0, 0.1) is 0 Å². The predicted molar refractivity (Wildman–Crippen MR) is 177 cm³/mol. The standard InChI is InChI=1S/2C18H35NO/c2*1-2-3-4-5-6-7-8-9-10-11-12-13-14-15-16-17-18(19)20/h2*9-10H,2-8,11-17H2,1H3,(H2,19,20)/b10-9-;. The van der Waals surface area contributed by atoms with Crippen molar-refractivity contribution in [3.05, 3.63) is 24.3 Å². The fraction of sp³-hybridized carbons (Fsp3) is 0.833. The lowest BCUT2D eigenvalue weighted by Crippen LogP contribution is -2.09. The lowest BCUT2D eigenvalue weighted by atomic mass is 10.1. The van der Waals surface area contributed by atoms with E-state index in [1.165, 1.54) is 141 Å². The van der Waals surface area contributed by atoms with E-state index in [0.717, 1.165) is 25.7 Å². The summed E-state index contributed by atoms with van der Waals surface area (Å²) >= 11 is 0. The molecule has 0 aromatic rings. The number of allylic oxidation sites excluding steroid dienone is 4. The fourth-order valence-electron chi connectivity index (χ4n) is 4.74. The second-order valence-electron chi connectivity index (χ2n) is 11.6. The molecular formula is C36H70N2O2. The van der Waals surface area contributed by atoms with E-state index in [-0.39, 0.29) is 11.8 Å². The smallest absolute Gasteiger partial charge is 0.217 e. The van der Waals surface area contributed by atoms with Crippen molar-refractivity contribution in [1.82, 2.24) is 0 Å². The maximum atomic E-state index is 10.5. The second kappa shape index (κ2) is 37.4. The van der Waals surface area contributed by atoms with Gasteiger partial charge in [0.15, 0.2) is 0 Å². The highest BCUT2D eigenvalue weighted by molar-refractivity contribution is 5.73. The molecule has 0 saturated carbocycles. The Labute approximate surface area is 250 Å². The van der Waals surface area contributed by atoms with Crippen LogP contribution < -0.4 is 11.5 Å². The molecule has 40 heavy (non-hydrogen) atoms. The van der Waals surface area contributed by atoms with Crippen molar-refractivity contribution in [2.24, 2.45) is 11.5 Å². The Kier molecular flexibility index (Phi) is 37.9. The molecule has 0 radical (unpaired) electrons. The number of carbonyl (C=O) groups is 2. The van der Waals surface area contributed by atoms with Crippen molar-refractivity contribution in [2.45, 2.75) is 194 Å². The maximum absolute atomic E-state index is 10.5. The average Bonchev–Trinajstić information content (AvgIpc) is 2.93. The third-order valence-corrected chi connectivity index (χ3v) is 7.37. The summed E-state index contributed by atoms with van der Waals surface area (Å²) in [6, 6.07) is 0. The minimum absolute atomic E-state index is 0.164. The molecule has 0 heterocycles. The van der Waals surface area contributed by atoms with Crippen molar-refractivity contribution in [2.75, 3.05) is 0 Å². The van der Waals surface area contributed by atoms with Crippen LogP contribution in [0.1, 0.15) is 194 Å². The summed E-state index contributed by atoms with van der Waals surface area (Å²) in [5.74, 6) is -0.328. The van der Waals surface area contributed by atoms with Crippen LogP contribution in [0.15, 0.2) is 24.3 Å². The highest BCUT2D eigenvalue weighted by Crippen LogP contribution is 2.11. The van der Waals surface area contributed by atoms with Crippen molar-refractivity contribution in [3.63, 3.8) is 0 Å². The first-order chi connectivity index (χ1) is 19.5. The average molecular weight is 563 g/mol. The van der Waals surface area contributed by atoms with Crippen LogP contribution in [0.3, 0.4) is 0 Å². The molecule has 0 aromatic heterocycles. The van der Waals surface area contributed by atoms with Crippen molar-refractivity contribution in [3.8, 4) is 0 Å². The number of amides is 2. The summed E-state index contributed by atoms with van der Waals surface area (Å²) in [5.41, 5.74) is 10.2. The number of carbonyl (C=O) groups excluding carboxylic acids is 2. The normalized spacial score (nSPS) is 11.2. The molecule has 4 N–H and O–H groups in total. The number of nitrogens with two attached hydrogens (primary N) is 2. The van der Waals surface area contributed by atoms with Gasteiger partial charge in [0, 0.05) is 12.8 Å². The zero-order chi connectivity index (χ0) is 29.8. The second-order valence-corrected chi connectivity index (χ2v) is 11.6. The van der Waals surface area contributed by atoms with Gasteiger partial charge < -0.3 is 11.5 Å². The van der Waals surface area contributed by atoms with E-state index in [1.807, 2.05) is 0 Å². The number of rotatable bonds is 30. The molecule has 0 aliphatic carbocycles. The monoisotopic (exact) mass is 563 g/mol. The van der Waals surface area contributed by atoms with Crippen LogP contribution in [-0.2, 0) is 9.59 Å². The van der Waals surface area contributed by atoms with E-state index in [1.54, 1.807) is 0 Å². The van der Waals surface area contributed by atoms with Gasteiger partial charge in [-0.15, -0.1) is 0 Å². The van der Waals surface area contributed by atoms with Gasteiger partial charge in [-0.3, -0.25) is 9.59 Å². The molecule has 236 valence electrons. The molecule has 0 bridgehead atoms. The van der Waals surface area contributed by atoms with Crippen LogP contribution in [-0.4, -0.2) is 11.8 Å². The SMILES string of the molecule is CCCCCCCC/C=C\CCCCCCCC(N)=O.CCCCCCCCC=CCCCCCCCC(N)=O. The van der Waals surface area contributed by atoms with Crippen molar-refractivity contribution in [1.29, 1.82) is 0 Å². The Hall–Kier alpha value is -1.58. The molecule has 0 rings (SSSR count).